The molecule has 1 N–H and O–H groups in total. The molecule has 140 valence electrons. The van der Waals surface area contributed by atoms with Crippen molar-refractivity contribution in [3.05, 3.63) is 67.0 Å². The molecule has 0 saturated carbocycles. The van der Waals surface area contributed by atoms with E-state index in [2.05, 4.69) is 89.2 Å². The molecule has 0 amide bonds. The summed E-state index contributed by atoms with van der Waals surface area (Å²) in [5.41, 5.74) is 4.69. The standard InChI is InChI=1S/C23H27N3S/c1-18(12-13-21-16-27-15-14-24-21)26-17-25-22(19-8-4-2-5-9-19)23(26)20-10-6-3-7-11-20/h2-11,17-18,21,24H,12-16H2,1H3. The second-order valence-electron chi connectivity index (χ2n) is 7.23. The lowest BCUT2D eigenvalue weighted by Crippen LogP contribution is -2.37. The minimum Gasteiger partial charge on any atom is -0.327 e. The van der Waals surface area contributed by atoms with Gasteiger partial charge in [-0.2, -0.15) is 11.8 Å². The van der Waals surface area contributed by atoms with E-state index < -0.39 is 0 Å². The summed E-state index contributed by atoms with van der Waals surface area (Å²) in [4.78, 5) is 4.82. The molecule has 4 rings (SSSR count). The Hall–Kier alpha value is -2.04. The van der Waals surface area contributed by atoms with Crippen LogP contribution in [0.1, 0.15) is 25.8 Å². The van der Waals surface area contributed by atoms with E-state index in [1.165, 1.54) is 34.7 Å². The van der Waals surface area contributed by atoms with E-state index in [9.17, 15) is 0 Å². The molecule has 1 aromatic heterocycles. The Labute approximate surface area is 166 Å². The number of hydrogen-bond acceptors (Lipinski definition) is 3. The van der Waals surface area contributed by atoms with Crippen LogP contribution in [0, 0.1) is 0 Å². The molecule has 3 aromatic rings. The molecule has 1 fully saturated rings. The van der Waals surface area contributed by atoms with Crippen molar-refractivity contribution in [3.8, 4) is 22.5 Å². The molecule has 4 heteroatoms. The predicted molar refractivity (Wildman–Crippen MR) is 116 cm³/mol. The Kier molecular flexibility index (Phi) is 5.95. The van der Waals surface area contributed by atoms with Crippen molar-refractivity contribution in [2.45, 2.75) is 31.8 Å². The molecule has 2 unspecified atom stereocenters. The van der Waals surface area contributed by atoms with Crippen LogP contribution >= 0.6 is 11.8 Å². The molecule has 0 radical (unpaired) electrons. The molecule has 0 aliphatic carbocycles. The van der Waals surface area contributed by atoms with Crippen LogP contribution < -0.4 is 5.32 Å². The van der Waals surface area contributed by atoms with Crippen molar-refractivity contribution < 1.29 is 0 Å². The Morgan fingerprint density at radius 1 is 1.07 bits per heavy atom. The van der Waals surface area contributed by atoms with Gasteiger partial charge in [-0.3, -0.25) is 0 Å². The lowest BCUT2D eigenvalue weighted by atomic mass is 10.0. The largest absolute Gasteiger partial charge is 0.327 e. The van der Waals surface area contributed by atoms with E-state index >= 15 is 0 Å². The highest BCUT2D eigenvalue weighted by Crippen LogP contribution is 2.34. The number of thioether (sulfide) groups is 1. The second kappa shape index (κ2) is 8.77. The molecule has 1 aliphatic heterocycles. The van der Waals surface area contributed by atoms with E-state index in [0.717, 1.165) is 18.7 Å². The molecule has 0 spiro atoms. The van der Waals surface area contributed by atoms with E-state index in [0.29, 0.717) is 12.1 Å². The third kappa shape index (κ3) is 4.28. The predicted octanol–water partition coefficient (Wildman–Crippen LogP) is 5.26. The zero-order valence-electron chi connectivity index (χ0n) is 15.8. The highest BCUT2D eigenvalue weighted by atomic mass is 32.2. The van der Waals surface area contributed by atoms with E-state index in [-0.39, 0.29) is 0 Å². The summed E-state index contributed by atoms with van der Waals surface area (Å²) >= 11 is 2.07. The number of aromatic nitrogens is 2. The van der Waals surface area contributed by atoms with Crippen LogP contribution in [0.5, 0.6) is 0 Å². The lowest BCUT2D eigenvalue weighted by Gasteiger charge is -2.25. The van der Waals surface area contributed by atoms with Gasteiger partial charge in [0.1, 0.15) is 0 Å². The molecule has 2 atom stereocenters. The number of nitrogens with one attached hydrogen (secondary N) is 1. The number of hydrogen-bond donors (Lipinski definition) is 1. The maximum atomic E-state index is 4.82. The topological polar surface area (TPSA) is 29.9 Å². The molecule has 2 aromatic carbocycles. The minimum absolute atomic E-state index is 0.416. The summed E-state index contributed by atoms with van der Waals surface area (Å²) in [7, 11) is 0. The molecular weight excluding hydrogens is 350 g/mol. The SMILES string of the molecule is CC(CCC1CSCCN1)n1cnc(-c2ccccc2)c1-c1ccccc1. The number of benzene rings is 2. The zero-order valence-corrected chi connectivity index (χ0v) is 16.7. The van der Waals surface area contributed by atoms with Crippen LogP contribution in [-0.2, 0) is 0 Å². The molecule has 1 aliphatic rings. The van der Waals surface area contributed by atoms with E-state index in [1.807, 2.05) is 6.33 Å². The maximum Gasteiger partial charge on any atom is 0.0963 e. The summed E-state index contributed by atoms with van der Waals surface area (Å²) in [6, 6.07) is 22.2. The quantitative estimate of drug-likeness (QED) is 0.635. The third-order valence-electron chi connectivity index (χ3n) is 5.29. The monoisotopic (exact) mass is 377 g/mol. The Morgan fingerprint density at radius 3 is 2.44 bits per heavy atom. The van der Waals surface area contributed by atoms with Gasteiger partial charge in [0, 0.05) is 41.3 Å². The maximum absolute atomic E-state index is 4.82. The molecule has 3 nitrogen and oxygen atoms in total. The van der Waals surface area contributed by atoms with Crippen molar-refractivity contribution in [2.75, 3.05) is 18.1 Å². The van der Waals surface area contributed by atoms with Crippen LogP contribution in [0.15, 0.2) is 67.0 Å². The van der Waals surface area contributed by atoms with E-state index in [4.69, 9.17) is 4.98 Å². The van der Waals surface area contributed by atoms with Gasteiger partial charge in [0.05, 0.1) is 17.7 Å². The van der Waals surface area contributed by atoms with Crippen molar-refractivity contribution in [3.63, 3.8) is 0 Å². The van der Waals surface area contributed by atoms with Gasteiger partial charge in [0.15, 0.2) is 0 Å². The van der Waals surface area contributed by atoms with Gasteiger partial charge in [0.25, 0.3) is 0 Å². The normalized spacial score (nSPS) is 18.3. The highest BCUT2D eigenvalue weighted by Gasteiger charge is 2.20. The molecule has 2 heterocycles. The van der Waals surface area contributed by atoms with Crippen LogP contribution in [0.3, 0.4) is 0 Å². The van der Waals surface area contributed by atoms with Crippen LogP contribution in [-0.4, -0.2) is 33.6 Å². The van der Waals surface area contributed by atoms with Gasteiger partial charge in [-0.15, -0.1) is 0 Å². The Morgan fingerprint density at radius 2 is 1.78 bits per heavy atom. The number of nitrogens with zero attached hydrogens (tertiary/aromatic N) is 2. The van der Waals surface area contributed by atoms with Gasteiger partial charge in [-0.25, -0.2) is 4.98 Å². The van der Waals surface area contributed by atoms with Gasteiger partial charge in [-0.1, -0.05) is 60.7 Å². The smallest absolute Gasteiger partial charge is 0.0963 e. The van der Waals surface area contributed by atoms with Crippen LogP contribution in [0.4, 0.5) is 0 Å². The van der Waals surface area contributed by atoms with Gasteiger partial charge >= 0.3 is 0 Å². The highest BCUT2D eigenvalue weighted by molar-refractivity contribution is 7.99. The average Bonchev–Trinajstić information content (AvgIpc) is 3.19. The van der Waals surface area contributed by atoms with Crippen molar-refractivity contribution >= 4 is 11.8 Å². The van der Waals surface area contributed by atoms with Crippen LogP contribution in [0.2, 0.25) is 0 Å². The van der Waals surface area contributed by atoms with Crippen molar-refractivity contribution in [1.29, 1.82) is 0 Å². The fraction of sp³-hybridized carbons (Fsp3) is 0.348. The molecule has 1 saturated heterocycles. The van der Waals surface area contributed by atoms with Crippen LogP contribution in [0.25, 0.3) is 22.5 Å². The lowest BCUT2D eigenvalue weighted by molar-refractivity contribution is 0.433. The first-order chi connectivity index (χ1) is 13.3. The summed E-state index contributed by atoms with van der Waals surface area (Å²) < 4.78 is 2.37. The van der Waals surface area contributed by atoms with Crippen molar-refractivity contribution in [1.82, 2.24) is 14.9 Å². The van der Waals surface area contributed by atoms with Gasteiger partial charge < -0.3 is 9.88 Å². The first-order valence-corrected chi connectivity index (χ1v) is 11.0. The Bertz CT molecular complexity index is 839. The zero-order chi connectivity index (χ0) is 18.5. The summed E-state index contributed by atoms with van der Waals surface area (Å²) in [5, 5.41) is 3.66. The van der Waals surface area contributed by atoms with E-state index in [1.54, 1.807) is 0 Å². The molecular formula is C23H27N3S. The Balaban J connectivity index is 1.63. The molecule has 0 bridgehead atoms. The average molecular weight is 378 g/mol. The van der Waals surface area contributed by atoms with Crippen molar-refractivity contribution in [2.24, 2.45) is 0 Å². The molecule has 27 heavy (non-hydrogen) atoms. The number of rotatable bonds is 6. The third-order valence-corrected chi connectivity index (χ3v) is 6.43. The fourth-order valence-electron chi connectivity index (χ4n) is 3.77. The first-order valence-electron chi connectivity index (χ1n) is 9.81. The summed E-state index contributed by atoms with van der Waals surface area (Å²) in [5.74, 6) is 2.48. The second-order valence-corrected chi connectivity index (χ2v) is 8.38. The first kappa shape index (κ1) is 18.3. The number of imidazole rings is 1. The summed E-state index contributed by atoms with van der Waals surface area (Å²) in [6.07, 6.45) is 4.39. The van der Waals surface area contributed by atoms with Gasteiger partial charge in [-0.05, 0) is 19.8 Å². The fourth-order valence-corrected chi connectivity index (χ4v) is 4.77. The summed E-state index contributed by atoms with van der Waals surface area (Å²) in [6.45, 7) is 3.46. The van der Waals surface area contributed by atoms with Gasteiger partial charge in [0.2, 0.25) is 0 Å². The minimum atomic E-state index is 0.416.